The van der Waals surface area contributed by atoms with Crippen LogP contribution in [-0.2, 0) is 6.42 Å². The maximum Gasteiger partial charge on any atom is 0.124 e. The lowest BCUT2D eigenvalue weighted by Gasteiger charge is -2.02. The third-order valence-electron chi connectivity index (χ3n) is 2.61. The van der Waals surface area contributed by atoms with Crippen molar-refractivity contribution in [2.45, 2.75) is 13.3 Å². The number of fused-ring (bicyclic) bond motifs is 1. The fourth-order valence-electron chi connectivity index (χ4n) is 1.79. The summed E-state index contributed by atoms with van der Waals surface area (Å²) in [5.74, 6) is 0.244. The van der Waals surface area contributed by atoms with Crippen molar-refractivity contribution in [3.8, 4) is 0 Å². The maximum atomic E-state index is 13.1. The zero-order valence-electron chi connectivity index (χ0n) is 7.40. The Labute approximate surface area is 85.6 Å². The molecule has 0 heterocycles. The van der Waals surface area contributed by atoms with Crippen molar-refractivity contribution in [1.29, 1.82) is 0 Å². The van der Waals surface area contributed by atoms with Crippen LogP contribution >= 0.6 is 15.9 Å². The van der Waals surface area contributed by atoms with E-state index >= 15 is 0 Å². The summed E-state index contributed by atoms with van der Waals surface area (Å²) in [6.45, 7) is 6.09. The highest BCUT2D eigenvalue weighted by atomic mass is 79.9. The summed E-state index contributed by atoms with van der Waals surface area (Å²) >= 11 is 3.37. The van der Waals surface area contributed by atoms with Crippen molar-refractivity contribution in [2.24, 2.45) is 5.92 Å². The Morgan fingerprint density at radius 3 is 2.92 bits per heavy atom. The van der Waals surface area contributed by atoms with Crippen LogP contribution in [0.3, 0.4) is 0 Å². The molecule has 0 N–H and O–H groups in total. The van der Waals surface area contributed by atoms with Gasteiger partial charge in [-0.05, 0) is 41.2 Å². The summed E-state index contributed by atoms with van der Waals surface area (Å²) in [5, 5.41) is 0. The number of rotatable bonds is 0. The number of hydrogen-bond acceptors (Lipinski definition) is 0. The lowest BCUT2D eigenvalue weighted by molar-refractivity contribution is 0.626. The second-order valence-corrected chi connectivity index (χ2v) is 4.40. The normalized spacial score (nSPS) is 20.5. The summed E-state index contributed by atoms with van der Waals surface area (Å²) in [6, 6.07) is 3.09. The lowest BCUT2D eigenvalue weighted by atomic mass is 10.0. The van der Waals surface area contributed by atoms with Crippen LogP contribution in [0.25, 0.3) is 5.57 Å². The van der Waals surface area contributed by atoms with Gasteiger partial charge in [0.2, 0.25) is 0 Å². The second-order valence-electron chi connectivity index (χ2n) is 3.54. The Kier molecular flexibility index (Phi) is 2.03. The van der Waals surface area contributed by atoms with Gasteiger partial charge >= 0.3 is 0 Å². The van der Waals surface area contributed by atoms with Crippen molar-refractivity contribution in [2.75, 3.05) is 0 Å². The molecule has 0 saturated carbocycles. The average Bonchev–Trinajstić information content (AvgIpc) is 2.32. The van der Waals surface area contributed by atoms with Gasteiger partial charge in [0.05, 0.1) is 0 Å². The van der Waals surface area contributed by atoms with Crippen molar-refractivity contribution >= 4 is 21.5 Å². The predicted molar refractivity (Wildman–Crippen MR) is 56.0 cm³/mol. The fraction of sp³-hybridized carbons (Fsp3) is 0.273. The van der Waals surface area contributed by atoms with Gasteiger partial charge in [-0.25, -0.2) is 4.39 Å². The van der Waals surface area contributed by atoms with Gasteiger partial charge in [0.1, 0.15) is 5.82 Å². The first-order chi connectivity index (χ1) is 6.09. The Bertz CT molecular complexity index is 382. The van der Waals surface area contributed by atoms with Crippen molar-refractivity contribution in [3.05, 3.63) is 40.1 Å². The molecule has 0 amide bonds. The van der Waals surface area contributed by atoms with E-state index < -0.39 is 0 Å². The minimum atomic E-state index is -0.194. The highest BCUT2D eigenvalue weighted by molar-refractivity contribution is 9.10. The molecule has 0 fully saturated rings. The van der Waals surface area contributed by atoms with E-state index in [2.05, 4.69) is 29.4 Å². The minimum Gasteiger partial charge on any atom is -0.207 e. The lowest BCUT2D eigenvalue weighted by Crippen LogP contribution is -1.88. The summed E-state index contributed by atoms with van der Waals surface area (Å²) in [6.07, 6.45) is 0.967. The molecule has 68 valence electrons. The van der Waals surface area contributed by atoms with E-state index in [-0.39, 0.29) is 5.82 Å². The largest absolute Gasteiger partial charge is 0.207 e. The molecule has 0 bridgehead atoms. The summed E-state index contributed by atoms with van der Waals surface area (Å²) < 4.78 is 13.9. The SMILES string of the molecule is C=C1c2cc(F)cc(Br)c2CC1C. The molecule has 2 rings (SSSR count). The molecule has 0 aromatic heterocycles. The highest BCUT2D eigenvalue weighted by Crippen LogP contribution is 2.39. The monoisotopic (exact) mass is 240 g/mol. The Balaban J connectivity index is 2.64. The first-order valence-electron chi connectivity index (χ1n) is 4.26. The molecular formula is C11H10BrF. The number of allylic oxidation sites excluding steroid dienone is 1. The molecule has 2 heteroatoms. The van der Waals surface area contributed by atoms with E-state index in [1.807, 2.05) is 0 Å². The molecule has 1 unspecified atom stereocenters. The van der Waals surface area contributed by atoms with E-state index in [9.17, 15) is 4.39 Å². The van der Waals surface area contributed by atoms with Crippen LogP contribution in [0.5, 0.6) is 0 Å². The van der Waals surface area contributed by atoms with E-state index in [0.29, 0.717) is 5.92 Å². The molecule has 1 atom stereocenters. The summed E-state index contributed by atoms with van der Waals surface area (Å²) in [7, 11) is 0. The zero-order chi connectivity index (χ0) is 9.59. The molecule has 1 aliphatic rings. The molecule has 1 aromatic carbocycles. The smallest absolute Gasteiger partial charge is 0.124 e. The van der Waals surface area contributed by atoms with Gasteiger partial charge in [0.15, 0.2) is 0 Å². The number of benzene rings is 1. The van der Waals surface area contributed by atoms with Crippen molar-refractivity contribution in [1.82, 2.24) is 0 Å². The molecule has 13 heavy (non-hydrogen) atoms. The molecule has 0 spiro atoms. The fourth-order valence-corrected chi connectivity index (χ4v) is 2.39. The van der Waals surface area contributed by atoms with E-state index in [1.165, 1.54) is 11.6 Å². The minimum absolute atomic E-state index is 0.194. The van der Waals surface area contributed by atoms with Crippen LogP contribution in [-0.4, -0.2) is 0 Å². The number of hydrogen-bond donors (Lipinski definition) is 0. The predicted octanol–water partition coefficient (Wildman–Crippen LogP) is 3.79. The van der Waals surface area contributed by atoms with Crippen LogP contribution < -0.4 is 0 Å². The molecule has 0 aliphatic heterocycles. The molecular weight excluding hydrogens is 231 g/mol. The summed E-state index contributed by atoms with van der Waals surface area (Å²) in [4.78, 5) is 0. The zero-order valence-corrected chi connectivity index (χ0v) is 8.99. The maximum absolute atomic E-state index is 13.1. The molecule has 0 nitrogen and oxygen atoms in total. The van der Waals surface area contributed by atoms with Crippen LogP contribution in [0.1, 0.15) is 18.1 Å². The van der Waals surface area contributed by atoms with E-state index in [1.54, 1.807) is 6.07 Å². The second kappa shape index (κ2) is 2.95. The van der Waals surface area contributed by atoms with Gasteiger partial charge in [-0.15, -0.1) is 0 Å². The molecule has 1 aliphatic carbocycles. The number of halogens is 2. The Morgan fingerprint density at radius 1 is 1.54 bits per heavy atom. The van der Waals surface area contributed by atoms with Crippen LogP contribution in [0.4, 0.5) is 4.39 Å². The third-order valence-corrected chi connectivity index (χ3v) is 3.32. The topological polar surface area (TPSA) is 0 Å². The van der Waals surface area contributed by atoms with Gasteiger partial charge in [-0.1, -0.05) is 29.4 Å². The molecule has 1 aromatic rings. The van der Waals surface area contributed by atoms with E-state index in [4.69, 9.17) is 0 Å². The average molecular weight is 241 g/mol. The van der Waals surface area contributed by atoms with Gasteiger partial charge in [-0.2, -0.15) is 0 Å². The molecule has 0 saturated heterocycles. The first-order valence-corrected chi connectivity index (χ1v) is 5.06. The first kappa shape index (κ1) is 8.95. The Morgan fingerprint density at radius 2 is 2.23 bits per heavy atom. The standard InChI is InChI=1S/C11H10BrF/c1-6-3-10-9(7(6)2)4-8(13)5-11(10)12/h4-6H,2-3H2,1H3. The van der Waals surface area contributed by atoms with Gasteiger partial charge in [0, 0.05) is 4.47 Å². The van der Waals surface area contributed by atoms with E-state index in [0.717, 1.165) is 22.0 Å². The quantitative estimate of drug-likeness (QED) is 0.648. The molecule has 0 radical (unpaired) electrons. The van der Waals surface area contributed by atoms with Gasteiger partial charge in [0.25, 0.3) is 0 Å². The van der Waals surface area contributed by atoms with Crippen molar-refractivity contribution in [3.63, 3.8) is 0 Å². The Hall–Kier alpha value is -0.630. The van der Waals surface area contributed by atoms with Crippen LogP contribution in [0, 0.1) is 11.7 Å². The third kappa shape index (κ3) is 1.33. The van der Waals surface area contributed by atoms with Crippen LogP contribution in [0.15, 0.2) is 23.2 Å². The van der Waals surface area contributed by atoms with Crippen molar-refractivity contribution < 1.29 is 4.39 Å². The highest BCUT2D eigenvalue weighted by Gasteiger charge is 2.24. The van der Waals surface area contributed by atoms with Gasteiger partial charge < -0.3 is 0 Å². The van der Waals surface area contributed by atoms with Gasteiger partial charge in [-0.3, -0.25) is 0 Å². The van der Waals surface area contributed by atoms with Crippen LogP contribution in [0.2, 0.25) is 0 Å². The summed E-state index contributed by atoms with van der Waals surface area (Å²) in [5.41, 5.74) is 3.23.